The number of aromatic hydroxyl groups is 1. The second-order valence-electron chi connectivity index (χ2n) is 4.60. The van der Waals surface area contributed by atoms with Crippen LogP contribution in [0.15, 0.2) is 18.2 Å². The molecule has 2 rings (SSSR count). The maximum absolute atomic E-state index is 13.6. The van der Waals surface area contributed by atoms with Gasteiger partial charge in [-0.05, 0) is 25.8 Å². The van der Waals surface area contributed by atoms with Gasteiger partial charge in [0.1, 0.15) is 11.6 Å². The van der Waals surface area contributed by atoms with Gasteiger partial charge < -0.3 is 5.11 Å². The summed E-state index contributed by atoms with van der Waals surface area (Å²) in [6, 6.07) is 4.23. The molecular weight excluding hydrogens is 219 g/mol. The molecule has 0 spiro atoms. The van der Waals surface area contributed by atoms with Crippen molar-refractivity contribution in [3.05, 3.63) is 29.6 Å². The Bertz CT molecular complexity index is 378. The van der Waals surface area contributed by atoms with Crippen LogP contribution in [0.1, 0.15) is 37.8 Å². The van der Waals surface area contributed by atoms with Crippen molar-refractivity contribution in [2.75, 3.05) is 13.1 Å². The monoisotopic (exact) mass is 238 g/mol. The van der Waals surface area contributed by atoms with E-state index in [1.807, 2.05) is 6.92 Å². The number of hydrogen-bond acceptors (Lipinski definition) is 3. The van der Waals surface area contributed by atoms with Gasteiger partial charge in [-0.25, -0.2) is 14.8 Å². The van der Waals surface area contributed by atoms with E-state index in [2.05, 4.69) is 10.4 Å². The molecule has 0 aliphatic carbocycles. The summed E-state index contributed by atoms with van der Waals surface area (Å²) in [5, 5.41) is 11.3. The van der Waals surface area contributed by atoms with Crippen LogP contribution in [0.5, 0.6) is 5.75 Å². The second-order valence-corrected chi connectivity index (χ2v) is 4.60. The van der Waals surface area contributed by atoms with Crippen LogP contribution in [0.4, 0.5) is 4.39 Å². The van der Waals surface area contributed by atoms with Gasteiger partial charge in [-0.3, -0.25) is 0 Å². The predicted octanol–water partition coefficient (Wildman–Crippen LogP) is 2.58. The molecule has 0 radical (unpaired) electrons. The van der Waals surface area contributed by atoms with E-state index in [-0.39, 0.29) is 17.6 Å². The molecule has 1 unspecified atom stereocenters. The van der Waals surface area contributed by atoms with E-state index in [0.29, 0.717) is 5.56 Å². The van der Waals surface area contributed by atoms with Crippen LogP contribution in [0.3, 0.4) is 0 Å². The molecule has 1 heterocycles. The summed E-state index contributed by atoms with van der Waals surface area (Å²) >= 11 is 0. The smallest absolute Gasteiger partial charge is 0.131 e. The first-order valence-electron chi connectivity index (χ1n) is 6.16. The SMILES string of the molecule is CC(NN1CCCCC1)c1ccc(O)cc1F. The number of benzene rings is 1. The third kappa shape index (κ3) is 3.17. The fraction of sp³-hybridized carbons (Fsp3) is 0.538. The van der Waals surface area contributed by atoms with Crippen LogP contribution in [0.25, 0.3) is 0 Å². The Morgan fingerprint density at radius 3 is 2.65 bits per heavy atom. The molecule has 0 bridgehead atoms. The lowest BCUT2D eigenvalue weighted by molar-refractivity contribution is 0.132. The number of phenols is 1. The summed E-state index contributed by atoms with van der Waals surface area (Å²) in [4.78, 5) is 0. The molecule has 1 atom stereocenters. The molecule has 17 heavy (non-hydrogen) atoms. The molecule has 1 aliphatic heterocycles. The number of nitrogens with one attached hydrogen (secondary N) is 1. The Kier molecular flexibility index (Phi) is 3.97. The lowest BCUT2D eigenvalue weighted by Gasteiger charge is -2.30. The summed E-state index contributed by atoms with van der Waals surface area (Å²) in [6.07, 6.45) is 3.66. The van der Waals surface area contributed by atoms with Crippen LogP contribution in [-0.4, -0.2) is 23.2 Å². The first kappa shape index (κ1) is 12.3. The molecule has 4 heteroatoms. The topological polar surface area (TPSA) is 35.5 Å². The third-order valence-electron chi connectivity index (χ3n) is 3.18. The van der Waals surface area contributed by atoms with Gasteiger partial charge in [0, 0.05) is 30.8 Å². The van der Waals surface area contributed by atoms with E-state index < -0.39 is 0 Å². The quantitative estimate of drug-likeness (QED) is 0.849. The van der Waals surface area contributed by atoms with Crippen molar-refractivity contribution in [3.63, 3.8) is 0 Å². The zero-order valence-corrected chi connectivity index (χ0v) is 10.1. The van der Waals surface area contributed by atoms with E-state index in [1.54, 1.807) is 6.07 Å². The van der Waals surface area contributed by atoms with Gasteiger partial charge in [0.05, 0.1) is 0 Å². The van der Waals surface area contributed by atoms with E-state index in [1.165, 1.54) is 25.3 Å². The molecule has 0 saturated carbocycles. The van der Waals surface area contributed by atoms with Crippen LogP contribution in [0, 0.1) is 5.82 Å². The van der Waals surface area contributed by atoms with Gasteiger partial charge >= 0.3 is 0 Å². The minimum atomic E-state index is -0.359. The standard InChI is InChI=1S/C13H19FN2O/c1-10(15-16-7-3-2-4-8-16)12-6-5-11(17)9-13(12)14/h5-6,9-10,15,17H,2-4,7-8H2,1H3. The molecule has 3 nitrogen and oxygen atoms in total. The molecule has 0 aromatic heterocycles. The van der Waals surface area contributed by atoms with E-state index in [4.69, 9.17) is 5.11 Å². The normalized spacial score (nSPS) is 19.2. The maximum atomic E-state index is 13.6. The first-order chi connectivity index (χ1) is 8.16. The molecule has 1 aromatic carbocycles. The second kappa shape index (κ2) is 5.47. The number of piperidine rings is 1. The highest BCUT2D eigenvalue weighted by molar-refractivity contribution is 5.29. The van der Waals surface area contributed by atoms with Crippen LogP contribution in [0.2, 0.25) is 0 Å². The van der Waals surface area contributed by atoms with Crippen LogP contribution in [-0.2, 0) is 0 Å². The van der Waals surface area contributed by atoms with Gasteiger partial charge in [-0.2, -0.15) is 0 Å². The molecular formula is C13H19FN2O. The average molecular weight is 238 g/mol. The fourth-order valence-electron chi connectivity index (χ4n) is 2.23. The van der Waals surface area contributed by atoms with E-state index >= 15 is 0 Å². The zero-order valence-electron chi connectivity index (χ0n) is 10.1. The summed E-state index contributed by atoms with van der Waals surface area (Å²) in [5.41, 5.74) is 3.90. The minimum Gasteiger partial charge on any atom is -0.508 e. The van der Waals surface area contributed by atoms with Crippen molar-refractivity contribution >= 4 is 0 Å². The minimum absolute atomic E-state index is 0.0311. The lowest BCUT2D eigenvalue weighted by atomic mass is 10.1. The fourth-order valence-corrected chi connectivity index (χ4v) is 2.23. The van der Waals surface area contributed by atoms with Gasteiger partial charge in [0.2, 0.25) is 0 Å². The molecule has 94 valence electrons. The summed E-state index contributed by atoms with van der Waals surface area (Å²) in [6.45, 7) is 3.97. The maximum Gasteiger partial charge on any atom is 0.131 e. The molecule has 2 N–H and O–H groups in total. The predicted molar refractivity (Wildman–Crippen MR) is 65.0 cm³/mol. The molecule has 1 aromatic rings. The average Bonchev–Trinajstić information content (AvgIpc) is 2.30. The van der Waals surface area contributed by atoms with Gasteiger partial charge in [0.25, 0.3) is 0 Å². The summed E-state index contributed by atoms with van der Waals surface area (Å²) < 4.78 is 13.6. The zero-order chi connectivity index (χ0) is 12.3. The molecule has 1 saturated heterocycles. The Labute approximate surface area is 101 Å². The van der Waals surface area contributed by atoms with Crippen molar-refractivity contribution in [2.45, 2.75) is 32.2 Å². The van der Waals surface area contributed by atoms with Crippen LogP contribution < -0.4 is 5.43 Å². The van der Waals surface area contributed by atoms with E-state index in [9.17, 15) is 4.39 Å². The number of phenolic OH excluding ortho intramolecular Hbond substituents is 1. The largest absolute Gasteiger partial charge is 0.508 e. The first-order valence-corrected chi connectivity index (χ1v) is 6.16. The number of rotatable bonds is 3. The molecule has 0 amide bonds. The van der Waals surface area contributed by atoms with Crippen molar-refractivity contribution in [1.82, 2.24) is 10.4 Å². The van der Waals surface area contributed by atoms with E-state index in [0.717, 1.165) is 19.2 Å². The molecule has 1 aliphatic rings. The highest BCUT2D eigenvalue weighted by atomic mass is 19.1. The lowest BCUT2D eigenvalue weighted by Crippen LogP contribution is -2.43. The van der Waals surface area contributed by atoms with Gasteiger partial charge in [-0.15, -0.1) is 0 Å². The van der Waals surface area contributed by atoms with Gasteiger partial charge in [-0.1, -0.05) is 12.5 Å². The van der Waals surface area contributed by atoms with Crippen LogP contribution >= 0.6 is 0 Å². The number of halogens is 1. The number of hydrogen-bond donors (Lipinski definition) is 2. The van der Waals surface area contributed by atoms with Crippen molar-refractivity contribution in [3.8, 4) is 5.75 Å². The Morgan fingerprint density at radius 2 is 2.00 bits per heavy atom. The third-order valence-corrected chi connectivity index (χ3v) is 3.18. The van der Waals surface area contributed by atoms with Crippen molar-refractivity contribution < 1.29 is 9.50 Å². The number of nitrogens with zero attached hydrogens (tertiary/aromatic N) is 1. The Hall–Kier alpha value is -1.13. The Morgan fingerprint density at radius 1 is 1.29 bits per heavy atom. The van der Waals surface area contributed by atoms with Crippen molar-refractivity contribution in [1.29, 1.82) is 0 Å². The highest BCUT2D eigenvalue weighted by Crippen LogP contribution is 2.21. The number of hydrazine groups is 1. The summed E-state index contributed by atoms with van der Waals surface area (Å²) in [5.74, 6) is -0.390. The van der Waals surface area contributed by atoms with Crippen molar-refractivity contribution in [2.24, 2.45) is 0 Å². The molecule has 1 fully saturated rings. The summed E-state index contributed by atoms with van der Waals surface area (Å²) in [7, 11) is 0. The highest BCUT2D eigenvalue weighted by Gasteiger charge is 2.16. The Balaban J connectivity index is 2.00. The van der Waals surface area contributed by atoms with Gasteiger partial charge in [0.15, 0.2) is 0 Å².